The van der Waals surface area contributed by atoms with E-state index in [0.29, 0.717) is 0 Å². The van der Waals surface area contributed by atoms with E-state index in [0.717, 1.165) is 35.6 Å². The molecular weight excluding hydrogens is 250 g/mol. The van der Waals surface area contributed by atoms with Crippen LogP contribution in [0.4, 0.5) is 5.82 Å². The van der Waals surface area contributed by atoms with Gasteiger partial charge in [0.05, 0.1) is 17.3 Å². The summed E-state index contributed by atoms with van der Waals surface area (Å²) in [6.07, 6.45) is 3.45. The van der Waals surface area contributed by atoms with Crippen molar-refractivity contribution >= 4 is 16.9 Å². The van der Waals surface area contributed by atoms with E-state index >= 15 is 0 Å². The number of rotatable bonds is 4. The molecule has 5 heteroatoms. The van der Waals surface area contributed by atoms with Crippen LogP contribution in [0.5, 0.6) is 0 Å². The fourth-order valence-electron chi connectivity index (χ4n) is 2.37. The van der Waals surface area contributed by atoms with Crippen LogP contribution < -0.4 is 4.90 Å². The van der Waals surface area contributed by atoms with Gasteiger partial charge in [-0.15, -0.1) is 0 Å². The van der Waals surface area contributed by atoms with Crippen LogP contribution in [-0.2, 0) is 0 Å². The van der Waals surface area contributed by atoms with Crippen molar-refractivity contribution in [1.29, 1.82) is 0 Å². The first kappa shape index (κ1) is 12.6. The van der Waals surface area contributed by atoms with Crippen molar-refractivity contribution in [1.82, 2.24) is 19.7 Å². The molecule has 0 saturated heterocycles. The lowest BCUT2D eigenvalue weighted by molar-refractivity contribution is 0.847. The van der Waals surface area contributed by atoms with E-state index in [1.807, 2.05) is 41.2 Å². The SMILES string of the molecule is CCN(CC)c1ncnc2c1cnn2-c1ccccc1. The molecule has 0 spiro atoms. The molecule has 0 bridgehead atoms. The van der Waals surface area contributed by atoms with E-state index < -0.39 is 0 Å². The second-order valence-electron chi connectivity index (χ2n) is 4.50. The fraction of sp³-hybridized carbons (Fsp3) is 0.267. The summed E-state index contributed by atoms with van der Waals surface area (Å²) < 4.78 is 1.85. The summed E-state index contributed by atoms with van der Waals surface area (Å²) in [6.45, 7) is 6.08. The molecule has 2 aromatic heterocycles. The third kappa shape index (κ3) is 2.01. The van der Waals surface area contributed by atoms with Crippen LogP contribution in [-0.4, -0.2) is 32.8 Å². The van der Waals surface area contributed by atoms with Crippen LogP contribution in [0.25, 0.3) is 16.7 Å². The molecule has 0 aliphatic carbocycles. The summed E-state index contributed by atoms with van der Waals surface area (Å²) in [5.41, 5.74) is 1.85. The van der Waals surface area contributed by atoms with Crippen LogP contribution >= 0.6 is 0 Å². The minimum absolute atomic E-state index is 0.841. The van der Waals surface area contributed by atoms with Gasteiger partial charge in [-0.05, 0) is 26.0 Å². The van der Waals surface area contributed by atoms with Crippen LogP contribution in [0.2, 0.25) is 0 Å². The summed E-state index contributed by atoms with van der Waals surface area (Å²) in [7, 11) is 0. The zero-order valence-electron chi connectivity index (χ0n) is 11.7. The van der Waals surface area contributed by atoms with E-state index in [1.54, 1.807) is 6.33 Å². The molecule has 2 heterocycles. The summed E-state index contributed by atoms with van der Waals surface area (Å²) in [5, 5.41) is 5.45. The molecule has 3 aromatic rings. The molecular formula is C15H17N5. The molecule has 1 aromatic carbocycles. The Bertz CT molecular complexity index is 701. The number of nitrogens with zero attached hydrogens (tertiary/aromatic N) is 5. The molecule has 0 aliphatic heterocycles. The predicted molar refractivity (Wildman–Crippen MR) is 80.2 cm³/mol. The minimum atomic E-state index is 0.841. The highest BCUT2D eigenvalue weighted by Crippen LogP contribution is 2.24. The Kier molecular flexibility index (Phi) is 3.33. The number of hydrogen-bond donors (Lipinski definition) is 0. The number of fused-ring (bicyclic) bond motifs is 1. The number of benzene rings is 1. The topological polar surface area (TPSA) is 46.8 Å². The smallest absolute Gasteiger partial charge is 0.168 e. The molecule has 0 N–H and O–H groups in total. The molecule has 0 fully saturated rings. The quantitative estimate of drug-likeness (QED) is 0.729. The second kappa shape index (κ2) is 5.28. The van der Waals surface area contributed by atoms with Gasteiger partial charge in [-0.1, -0.05) is 18.2 Å². The maximum Gasteiger partial charge on any atom is 0.168 e. The normalized spacial score (nSPS) is 10.9. The maximum absolute atomic E-state index is 4.46. The van der Waals surface area contributed by atoms with Gasteiger partial charge in [-0.2, -0.15) is 5.10 Å². The first-order chi connectivity index (χ1) is 9.85. The van der Waals surface area contributed by atoms with E-state index in [-0.39, 0.29) is 0 Å². The highest BCUT2D eigenvalue weighted by atomic mass is 15.3. The first-order valence-electron chi connectivity index (χ1n) is 6.84. The Labute approximate surface area is 117 Å². The average molecular weight is 267 g/mol. The lowest BCUT2D eigenvalue weighted by Gasteiger charge is -2.19. The lowest BCUT2D eigenvalue weighted by atomic mass is 10.3. The van der Waals surface area contributed by atoms with Gasteiger partial charge < -0.3 is 4.90 Å². The summed E-state index contributed by atoms with van der Waals surface area (Å²) in [6, 6.07) is 10.0. The lowest BCUT2D eigenvalue weighted by Crippen LogP contribution is -2.23. The Hall–Kier alpha value is -2.43. The van der Waals surface area contributed by atoms with Crippen LogP contribution in [0, 0.1) is 0 Å². The molecule has 0 amide bonds. The zero-order chi connectivity index (χ0) is 13.9. The van der Waals surface area contributed by atoms with E-state index in [9.17, 15) is 0 Å². The van der Waals surface area contributed by atoms with Crippen molar-refractivity contribution in [3.05, 3.63) is 42.9 Å². The summed E-state index contributed by atoms with van der Waals surface area (Å²) >= 11 is 0. The molecule has 0 radical (unpaired) electrons. The maximum atomic E-state index is 4.46. The van der Waals surface area contributed by atoms with E-state index in [4.69, 9.17) is 0 Å². The van der Waals surface area contributed by atoms with Crippen molar-refractivity contribution in [3.8, 4) is 5.69 Å². The van der Waals surface area contributed by atoms with Crippen molar-refractivity contribution in [2.75, 3.05) is 18.0 Å². The second-order valence-corrected chi connectivity index (χ2v) is 4.50. The number of aromatic nitrogens is 4. The summed E-state index contributed by atoms with van der Waals surface area (Å²) in [5.74, 6) is 0.946. The Morgan fingerprint density at radius 2 is 1.80 bits per heavy atom. The standard InChI is InChI=1S/C15H17N5/c1-3-19(4-2)14-13-10-18-20(15(13)17-11-16-14)12-8-6-5-7-9-12/h5-11H,3-4H2,1-2H3. The van der Waals surface area contributed by atoms with Gasteiger partial charge in [-0.25, -0.2) is 14.6 Å². The molecule has 0 saturated carbocycles. The van der Waals surface area contributed by atoms with Gasteiger partial charge in [0.25, 0.3) is 0 Å². The van der Waals surface area contributed by atoms with Crippen molar-refractivity contribution < 1.29 is 0 Å². The molecule has 0 unspecified atom stereocenters. The largest absolute Gasteiger partial charge is 0.356 e. The zero-order valence-corrected chi connectivity index (χ0v) is 11.7. The average Bonchev–Trinajstić information content (AvgIpc) is 2.94. The predicted octanol–water partition coefficient (Wildman–Crippen LogP) is 2.66. The first-order valence-corrected chi connectivity index (χ1v) is 6.84. The highest BCUT2D eigenvalue weighted by Gasteiger charge is 2.14. The van der Waals surface area contributed by atoms with Crippen LogP contribution in [0.15, 0.2) is 42.9 Å². The molecule has 102 valence electrons. The van der Waals surface area contributed by atoms with Crippen molar-refractivity contribution in [2.45, 2.75) is 13.8 Å². The molecule has 3 rings (SSSR count). The van der Waals surface area contributed by atoms with Gasteiger partial charge in [-0.3, -0.25) is 0 Å². The molecule has 20 heavy (non-hydrogen) atoms. The molecule has 0 aliphatic rings. The Balaban J connectivity index is 2.17. The van der Waals surface area contributed by atoms with Gasteiger partial charge >= 0.3 is 0 Å². The van der Waals surface area contributed by atoms with Crippen molar-refractivity contribution in [3.63, 3.8) is 0 Å². The molecule has 5 nitrogen and oxygen atoms in total. The van der Waals surface area contributed by atoms with E-state index in [2.05, 4.69) is 33.8 Å². The third-order valence-electron chi connectivity index (χ3n) is 3.41. The van der Waals surface area contributed by atoms with Gasteiger partial charge in [0, 0.05) is 13.1 Å². The Morgan fingerprint density at radius 3 is 2.50 bits per heavy atom. The number of anilines is 1. The number of para-hydroxylation sites is 1. The van der Waals surface area contributed by atoms with Crippen LogP contribution in [0.1, 0.15) is 13.8 Å². The monoisotopic (exact) mass is 267 g/mol. The van der Waals surface area contributed by atoms with Gasteiger partial charge in [0.1, 0.15) is 12.1 Å². The highest BCUT2D eigenvalue weighted by molar-refractivity contribution is 5.87. The number of hydrogen-bond acceptors (Lipinski definition) is 4. The van der Waals surface area contributed by atoms with Gasteiger partial charge in [0.2, 0.25) is 0 Å². The minimum Gasteiger partial charge on any atom is -0.356 e. The molecule has 0 atom stereocenters. The van der Waals surface area contributed by atoms with Crippen LogP contribution in [0.3, 0.4) is 0 Å². The fourth-order valence-corrected chi connectivity index (χ4v) is 2.37. The summed E-state index contributed by atoms with van der Waals surface area (Å²) in [4.78, 5) is 11.0. The Morgan fingerprint density at radius 1 is 1.05 bits per heavy atom. The van der Waals surface area contributed by atoms with Crippen molar-refractivity contribution in [2.24, 2.45) is 0 Å². The van der Waals surface area contributed by atoms with E-state index in [1.165, 1.54) is 0 Å². The third-order valence-corrected chi connectivity index (χ3v) is 3.41. The van der Waals surface area contributed by atoms with Gasteiger partial charge in [0.15, 0.2) is 5.65 Å².